The minimum atomic E-state index is -0.270. The van der Waals surface area contributed by atoms with E-state index >= 15 is 0 Å². The van der Waals surface area contributed by atoms with Gasteiger partial charge in [0.2, 0.25) is 5.91 Å². The molecule has 0 N–H and O–H groups in total. The van der Waals surface area contributed by atoms with E-state index in [9.17, 15) is 9.59 Å². The first-order chi connectivity index (χ1) is 16.4. The third-order valence-corrected chi connectivity index (χ3v) is 6.00. The first-order valence-corrected chi connectivity index (χ1v) is 11.8. The summed E-state index contributed by atoms with van der Waals surface area (Å²) < 4.78 is 10.5. The molecule has 2 aromatic rings. The van der Waals surface area contributed by atoms with Crippen LogP contribution in [0, 0.1) is 0 Å². The lowest BCUT2D eigenvalue weighted by Crippen LogP contribution is -2.35. The normalized spacial score (nSPS) is 14.2. The van der Waals surface area contributed by atoms with E-state index in [-0.39, 0.29) is 23.3 Å². The summed E-state index contributed by atoms with van der Waals surface area (Å²) in [6.45, 7) is 8.81. The van der Waals surface area contributed by atoms with Gasteiger partial charge in [-0.1, -0.05) is 42.1 Å². The molecule has 1 heterocycles. The molecule has 1 aliphatic heterocycles. The maximum absolute atomic E-state index is 13.4. The van der Waals surface area contributed by atoms with Crippen LogP contribution in [0.15, 0.2) is 71.4 Å². The van der Waals surface area contributed by atoms with Crippen LogP contribution in [0.4, 0.5) is 5.69 Å². The number of carbonyl (C=O) groups excluding carboxylic acids is 2. The molecule has 34 heavy (non-hydrogen) atoms. The van der Waals surface area contributed by atoms with Gasteiger partial charge in [-0.3, -0.25) is 14.5 Å². The first-order valence-electron chi connectivity index (χ1n) is 10.8. The summed E-state index contributed by atoms with van der Waals surface area (Å²) in [6, 6.07) is 14.6. The summed E-state index contributed by atoms with van der Waals surface area (Å²) in [5, 5.41) is 0.442. The van der Waals surface area contributed by atoms with Crippen molar-refractivity contribution >= 4 is 40.5 Å². The second kappa shape index (κ2) is 11.6. The van der Waals surface area contributed by atoms with Gasteiger partial charge in [-0.2, -0.15) is 0 Å². The number of thioether (sulfide) groups is 1. The fourth-order valence-corrected chi connectivity index (χ4v) is 4.26. The number of rotatable bonds is 9. The van der Waals surface area contributed by atoms with Crippen LogP contribution in [-0.2, 0) is 9.59 Å². The van der Waals surface area contributed by atoms with Crippen LogP contribution in [0.2, 0.25) is 0 Å². The predicted octanol–water partition coefficient (Wildman–Crippen LogP) is 4.61. The Morgan fingerprint density at radius 3 is 2.47 bits per heavy atom. The first kappa shape index (κ1) is 25.1. The third-order valence-electron chi connectivity index (χ3n) is 5.08. The molecule has 0 aliphatic carbocycles. The highest BCUT2D eigenvalue weighted by molar-refractivity contribution is 8.14. The molecule has 178 valence electrons. The van der Waals surface area contributed by atoms with Gasteiger partial charge in [-0.05, 0) is 49.8 Å². The summed E-state index contributed by atoms with van der Waals surface area (Å²) in [5.41, 5.74) is 2.64. The highest BCUT2D eigenvalue weighted by atomic mass is 32.2. The van der Waals surface area contributed by atoms with E-state index in [1.165, 1.54) is 16.7 Å². The molecule has 3 rings (SSSR count). The number of hydrogen-bond donors (Lipinski definition) is 0. The smallest absolute Gasteiger partial charge is 0.283 e. The molecule has 0 saturated carbocycles. The molecule has 0 aromatic heterocycles. The average Bonchev–Trinajstić information content (AvgIpc) is 3.16. The van der Waals surface area contributed by atoms with Gasteiger partial charge >= 0.3 is 0 Å². The lowest BCUT2D eigenvalue weighted by molar-refractivity contribution is -0.127. The van der Waals surface area contributed by atoms with E-state index in [4.69, 9.17) is 9.47 Å². The quantitative estimate of drug-likeness (QED) is 0.388. The summed E-state index contributed by atoms with van der Waals surface area (Å²) in [6.07, 6.45) is 1.73. The van der Waals surface area contributed by atoms with Gasteiger partial charge in [0, 0.05) is 19.2 Å². The van der Waals surface area contributed by atoms with Crippen molar-refractivity contribution in [2.75, 3.05) is 38.0 Å². The molecule has 1 aliphatic rings. The number of amidine groups is 1. The molecule has 0 fully saturated rings. The number of nitrogens with zero attached hydrogens (tertiary/aromatic N) is 3. The lowest BCUT2D eigenvalue weighted by Gasteiger charge is -2.22. The Morgan fingerprint density at radius 2 is 1.85 bits per heavy atom. The molecule has 0 unspecified atom stereocenters. The van der Waals surface area contributed by atoms with E-state index in [1.807, 2.05) is 56.3 Å². The van der Waals surface area contributed by atoms with E-state index in [0.717, 1.165) is 16.9 Å². The van der Waals surface area contributed by atoms with E-state index < -0.39 is 0 Å². The van der Waals surface area contributed by atoms with E-state index in [2.05, 4.69) is 11.6 Å². The lowest BCUT2D eigenvalue weighted by atomic mass is 10.2. The monoisotopic (exact) mass is 479 g/mol. The number of amides is 2. The molecule has 8 heteroatoms. The fourth-order valence-electron chi connectivity index (χ4n) is 3.35. The number of benzene rings is 2. The maximum atomic E-state index is 13.4. The molecular formula is C26H29N3O4S. The van der Waals surface area contributed by atoms with Crippen molar-refractivity contribution in [1.82, 2.24) is 4.90 Å². The third kappa shape index (κ3) is 6.08. The molecule has 2 aromatic carbocycles. The van der Waals surface area contributed by atoms with Crippen molar-refractivity contribution in [3.8, 4) is 11.5 Å². The molecular weight excluding hydrogens is 450 g/mol. The Hall–Kier alpha value is -3.52. The van der Waals surface area contributed by atoms with Crippen LogP contribution < -0.4 is 14.4 Å². The van der Waals surface area contributed by atoms with Crippen LogP contribution in [-0.4, -0.2) is 54.9 Å². The number of likely N-dealkylation sites (N-methyl/N-ethyl adjacent to an activating group) is 1. The number of carbonyl (C=O) groups is 2. The highest BCUT2D eigenvalue weighted by Crippen LogP contribution is 2.31. The number of anilines is 1. The van der Waals surface area contributed by atoms with Crippen LogP contribution in [0.1, 0.15) is 19.4 Å². The predicted molar refractivity (Wildman–Crippen MR) is 138 cm³/mol. The Morgan fingerprint density at radius 1 is 1.15 bits per heavy atom. The summed E-state index contributed by atoms with van der Waals surface area (Å²) >= 11 is 1.24. The van der Waals surface area contributed by atoms with Crippen molar-refractivity contribution in [2.24, 2.45) is 4.99 Å². The Labute approximate surface area is 204 Å². The zero-order valence-electron chi connectivity index (χ0n) is 19.9. The zero-order chi connectivity index (χ0) is 24.7. The van der Waals surface area contributed by atoms with Crippen molar-refractivity contribution in [2.45, 2.75) is 13.8 Å². The second-order valence-electron chi connectivity index (χ2n) is 7.69. The largest absolute Gasteiger partial charge is 0.497 e. The van der Waals surface area contributed by atoms with Gasteiger partial charge in [-0.15, -0.1) is 0 Å². The van der Waals surface area contributed by atoms with E-state index in [1.54, 1.807) is 31.3 Å². The van der Waals surface area contributed by atoms with Gasteiger partial charge in [0.25, 0.3) is 5.91 Å². The summed E-state index contributed by atoms with van der Waals surface area (Å²) in [4.78, 5) is 34.0. The SMILES string of the molecule is C=C(C)CN(CC)C(=O)CSC1=N/C(=C\c2ccc(OC)cc2)C(=O)N1c1cccc(OC)c1. The van der Waals surface area contributed by atoms with Crippen LogP contribution in [0.25, 0.3) is 6.08 Å². The Balaban J connectivity index is 1.90. The highest BCUT2D eigenvalue weighted by Gasteiger charge is 2.33. The van der Waals surface area contributed by atoms with Crippen molar-refractivity contribution in [3.63, 3.8) is 0 Å². The minimum absolute atomic E-state index is 0.0381. The summed E-state index contributed by atoms with van der Waals surface area (Å²) in [5.74, 6) is 1.20. The number of ether oxygens (including phenoxy) is 2. The molecule has 0 atom stereocenters. The second-order valence-corrected chi connectivity index (χ2v) is 8.64. The summed E-state index contributed by atoms with van der Waals surface area (Å²) in [7, 11) is 3.17. The number of hydrogen-bond acceptors (Lipinski definition) is 6. The van der Waals surface area contributed by atoms with E-state index in [0.29, 0.717) is 29.7 Å². The molecule has 2 amide bonds. The van der Waals surface area contributed by atoms with Gasteiger partial charge in [0.05, 0.1) is 25.7 Å². The Kier molecular flexibility index (Phi) is 8.54. The molecule has 7 nitrogen and oxygen atoms in total. The fraction of sp³-hybridized carbons (Fsp3) is 0.269. The topological polar surface area (TPSA) is 71.4 Å². The van der Waals surface area contributed by atoms with Gasteiger partial charge in [0.15, 0.2) is 5.17 Å². The Bertz CT molecular complexity index is 1130. The van der Waals surface area contributed by atoms with Crippen molar-refractivity contribution < 1.29 is 19.1 Å². The molecule has 0 radical (unpaired) electrons. The van der Waals surface area contributed by atoms with Gasteiger partial charge in [-0.25, -0.2) is 4.99 Å². The van der Waals surface area contributed by atoms with Gasteiger partial charge < -0.3 is 14.4 Å². The van der Waals surface area contributed by atoms with Crippen LogP contribution in [0.3, 0.4) is 0 Å². The number of methoxy groups -OCH3 is 2. The minimum Gasteiger partial charge on any atom is -0.497 e. The molecule has 0 saturated heterocycles. The molecule has 0 bridgehead atoms. The number of aliphatic imine (C=N–C) groups is 1. The van der Waals surface area contributed by atoms with Crippen molar-refractivity contribution in [3.05, 3.63) is 71.9 Å². The standard InChI is InChI=1S/C26H29N3O4S/c1-6-28(16-18(2)3)24(30)17-34-26-27-23(14-19-10-12-21(32-4)13-11-19)25(31)29(26)20-8-7-9-22(15-20)33-5/h7-15H,2,6,16-17H2,1,3-5H3/b23-14-. The van der Waals surface area contributed by atoms with Crippen molar-refractivity contribution in [1.29, 1.82) is 0 Å². The zero-order valence-corrected chi connectivity index (χ0v) is 20.7. The van der Waals surface area contributed by atoms with Crippen LogP contribution in [0.5, 0.6) is 11.5 Å². The molecule has 0 spiro atoms. The maximum Gasteiger partial charge on any atom is 0.283 e. The average molecular weight is 480 g/mol. The van der Waals surface area contributed by atoms with Crippen LogP contribution >= 0.6 is 11.8 Å². The van der Waals surface area contributed by atoms with Gasteiger partial charge in [0.1, 0.15) is 17.2 Å².